The highest BCUT2D eigenvalue weighted by Gasteiger charge is 2.28. The molecule has 0 fully saturated rings. The molecule has 0 saturated carbocycles. The number of pyridine rings is 2. The highest BCUT2D eigenvalue weighted by Crippen LogP contribution is 2.42. The van der Waals surface area contributed by atoms with Gasteiger partial charge in [0.25, 0.3) is 11.3 Å². The molecule has 1 aromatic carbocycles. The fourth-order valence-electron chi connectivity index (χ4n) is 3.18. The second-order valence-corrected chi connectivity index (χ2v) is 8.56. The minimum Gasteiger partial charge on any atom is -0.493 e. The molecule has 1 unspecified atom stereocenters. The van der Waals surface area contributed by atoms with E-state index in [2.05, 4.69) is 25.1 Å². The number of ether oxygens (including phenoxy) is 2. The lowest BCUT2D eigenvalue weighted by molar-refractivity contribution is 0.318. The number of hydrogen-bond donors (Lipinski definition) is 3. The number of nitrogens with zero attached hydrogens (tertiary/aromatic N) is 6. The van der Waals surface area contributed by atoms with Crippen LogP contribution < -0.4 is 19.5 Å². The van der Waals surface area contributed by atoms with Crippen LogP contribution in [0.25, 0.3) is 11.4 Å². The van der Waals surface area contributed by atoms with Gasteiger partial charge in [-0.05, 0) is 42.8 Å². The molecule has 0 aliphatic rings. The topological polar surface area (TPSA) is 169 Å². The third-order valence-corrected chi connectivity index (χ3v) is 5.86. The van der Waals surface area contributed by atoms with Crippen LogP contribution in [0.5, 0.6) is 17.2 Å². The van der Waals surface area contributed by atoms with Crippen LogP contribution in [-0.2, 0) is 11.3 Å². The van der Waals surface area contributed by atoms with Gasteiger partial charge in [0.2, 0.25) is 5.75 Å². The highest BCUT2D eigenvalue weighted by molar-refractivity contribution is 7.81. The monoisotopic (exact) mass is 541 g/mol. The van der Waals surface area contributed by atoms with E-state index in [-0.39, 0.29) is 45.6 Å². The Morgan fingerprint density at radius 1 is 1.14 bits per heavy atom. The summed E-state index contributed by atoms with van der Waals surface area (Å²) in [7, 11) is 1.47. The molecule has 37 heavy (non-hydrogen) atoms. The predicted octanol–water partition coefficient (Wildman–Crippen LogP) is 4.07. The summed E-state index contributed by atoms with van der Waals surface area (Å²) in [4.78, 5) is 17.1. The van der Waals surface area contributed by atoms with E-state index in [4.69, 9.17) is 32.0 Å². The average molecular weight is 542 g/mol. The summed E-state index contributed by atoms with van der Waals surface area (Å²) in [6, 6.07) is 13.1. The number of benzene rings is 1. The van der Waals surface area contributed by atoms with E-state index in [1.165, 1.54) is 25.6 Å². The summed E-state index contributed by atoms with van der Waals surface area (Å²) in [5, 5.41) is 11.8. The first-order valence-electron chi connectivity index (χ1n) is 10.5. The van der Waals surface area contributed by atoms with E-state index in [0.717, 1.165) is 9.87 Å². The number of halogens is 1. The normalized spacial score (nSPS) is 12.2. The van der Waals surface area contributed by atoms with Gasteiger partial charge >= 0.3 is 0 Å². The van der Waals surface area contributed by atoms with Crippen LogP contribution in [0.2, 0.25) is 5.15 Å². The van der Waals surface area contributed by atoms with Gasteiger partial charge in [-0.1, -0.05) is 35.0 Å². The molecule has 3 heterocycles. The predicted molar refractivity (Wildman–Crippen MR) is 138 cm³/mol. The third kappa shape index (κ3) is 5.58. The summed E-state index contributed by atoms with van der Waals surface area (Å²) in [5.41, 5.74) is 7.03. The first kappa shape index (κ1) is 25.8. The molecule has 190 valence electrons. The first-order chi connectivity index (χ1) is 17.8. The van der Waals surface area contributed by atoms with Crippen LogP contribution in [0.4, 0.5) is 11.6 Å². The van der Waals surface area contributed by atoms with E-state index >= 15 is 0 Å². The lowest BCUT2D eigenvalue weighted by Crippen LogP contribution is -2.23. The van der Waals surface area contributed by atoms with Crippen LogP contribution in [0.3, 0.4) is 0 Å². The largest absolute Gasteiger partial charge is 0.493 e. The highest BCUT2D eigenvalue weighted by atomic mass is 35.5. The molecule has 0 aliphatic carbocycles. The molecule has 14 heteroatoms. The summed E-state index contributed by atoms with van der Waals surface area (Å²) in [6.45, 7) is 1.83. The van der Waals surface area contributed by atoms with Crippen LogP contribution >= 0.6 is 11.6 Å². The minimum absolute atomic E-state index is 0.0457. The number of hydrogen-bond acceptors (Lipinski definition) is 9. The number of nitrogens with two attached hydrogens (primary N) is 1. The lowest BCUT2D eigenvalue weighted by Gasteiger charge is -2.22. The molecule has 0 radical (unpaired) electrons. The van der Waals surface area contributed by atoms with Crippen LogP contribution in [0, 0.1) is 6.92 Å². The number of anilines is 2. The fraction of sp³-hybridized carbons (Fsp3) is 0.0870. The zero-order valence-electron chi connectivity index (χ0n) is 19.4. The number of amidine groups is 1. The maximum absolute atomic E-state index is 12.6. The van der Waals surface area contributed by atoms with Crippen LogP contribution in [0.15, 0.2) is 66.1 Å². The van der Waals surface area contributed by atoms with Gasteiger partial charge in [0.05, 0.1) is 7.11 Å². The van der Waals surface area contributed by atoms with Crippen molar-refractivity contribution in [2.75, 3.05) is 11.4 Å². The molecule has 0 spiro atoms. The Morgan fingerprint density at radius 2 is 1.89 bits per heavy atom. The van der Waals surface area contributed by atoms with Gasteiger partial charge in [-0.3, -0.25) is 9.54 Å². The molecule has 0 saturated heterocycles. The van der Waals surface area contributed by atoms with Gasteiger partial charge in [0.1, 0.15) is 11.5 Å². The average Bonchev–Trinajstić information content (AvgIpc) is 2.91. The molecule has 0 amide bonds. The van der Waals surface area contributed by atoms with Crippen molar-refractivity contribution in [3.05, 3.63) is 77.3 Å². The van der Waals surface area contributed by atoms with Crippen molar-refractivity contribution in [3.8, 4) is 28.6 Å². The number of para-hydroxylation sites is 2. The molecular formula is C23H20ClN7O5S. The SMILES string of the molecule is COc1ccccc1Oc1c(Cl)nc(-c2ccnc(C(N)=NO)c2)nc1N(c1ccc(C)cn1)S(=O)O. The van der Waals surface area contributed by atoms with Crippen molar-refractivity contribution in [3.63, 3.8) is 0 Å². The second kappa shape index (κ2) is 11.2. The molecule has 0 aliphatic heterocycles. The summed E-state index contributed by atoms with van der Waals surface area (Å²) in [5.74, 6) is 0.296. The molecule has 0 bridgehead atoms. The first-order valence-corrected chi connectivity index (χ1v) is 11.9. The summed E-state index contributed by atoms with van der Waals surface area (Å²) in [6.07, 6.45) is 2.94. The van der Waals surface area contributed by atoms with Gasteiger partial charge in [-0.2, -0.15) is 4.31 Å². The van der Waals surface area contributed by atoms with Crippen LogP contribution in [-0.4, -0.2) is 46.9 Å². The number of methoxy groups -OCH3 is 1. The number of oxime groups is 1. The maximum Gasteiger partial charge on any atom is 0.269 e. The number of rotatable bonds is 8. The smallest absolute Gasteiger partial charge is 0.269 e. The number of aryl methyl sites for hydroxylation is 1. The quantitative estimate of drug-likeness (QED) is 0.0737. The van der Waals surface area contributed by atoms with E-state index in [1.807, 2.05) is 6.92 Å². The zero-order valence-corrected chi connectivity index (χ0v) is 21.0. The van der Waals surface area contributed by atoms with Crippen molar-refractivity contribution in [2.45, 2.75) is 6.92 Å². The van der Waals surface area contributed by atoms with E-state index < -0.39 is 11.3 Å². The van der Waals surface area contributed by atoms with Gasteiger partial charge in [0, 0.05) is 18.0 Å². The Labute approximate surface area is 218 Å². The van der Waals surface area contributed by atoms with Crippen molar-refractivity contribution >= 4 is 40.3 Å². The van der Waals surface area contributed by atoms with Crippen molar-refractivity contribution in [1.29, 1.82) is 0 Å². The van der Waals surface area contributed by atoms with E-state index in [0.29, 0.717) is 11.3 Å². The molecule has 1 atom stereocenters. The van der Waals surface area contributed by atoms with Crippen molar-refractivity contribution in [2.24, 2.45) is 10.9 Å². The van der Waals surface area contributed by atoms with Gasteiger partial charge in [0.15, 0.2) is 34.1 Å². The second-order valence-electron chi connectivity index (χ2n) is 7.38. The molecule has 4 rings (SSSR count). The Hall–Kier alpha value is -4.33. The molecule has 3 aromatic heterocycles. The number of aromatic nitrogens is 4. The standard InChI is InChI=1S/C23H20ClN7O5S/c1-13-7-8-18(27-12-13)31(37(33)34)23-19(36-17-6-4-3-5-16(17)35-2)20(24)28-22(29-23)14-9-10-26-15(11-14)21(25)30-32/h3-12,32H,1-2H3,(H2,25,30)(H,33,34). The Balaban J connectivity index is 1.94. The lowest BCUT2D eigenvalue weighted by atomic mass is 10.2. The van der Waals surface area contributed by atoms with Gasteiger partial charge in [-0.25, -0.2) is 19.2 Å². The summed E-state index contributed by atoms with van der Waals surface area (Å²) >= 11 is 3.93. The van der Waals surface area contributed by atoms with E-state index in [1.54, 1.807) is 42.5 Å². The third-order valence-electron chi connectivity index (χ3n) is 4.93. The molecule has 12 nitrogen and oxygen atoms in total. The van der Waals surface area contributed by atoms with Crippen molar-refractivity contribution in [1.82, 2.24) is 19.9 Å². The van der Waals surface area contributed by atoms with Crippen molar-refractivity contribution < 1.29 is 23.4 Å². The van der Waals surface area contributed by atoms with Gasteiger partial charge in [-0.15, -0.1) is 0 Å². The Bertz CT molecular complexity index is 1490. The van der Waals surface area contributed by atoms with Crippen LogP contribution in [0.1, 0.15) is 11.3 Å². The fourth-order valence-corrected chi connectivity index (χ4v) is 3.93. The molecular weight excluding hydrogens is 522 g/mol. The Morgan fingerprint density at radius 3 is 2.54 bits per heavy atom. The maximum atomic E-state index is 12.6. The van der Waals surface area contributed by atoms with Gasteiger partial charge < -0.3 is 20.4 Å². The Kier molecular flexibility index (Phi) is 7.77. The minimum atomic E-state index is -2.65. The zero-order chi connectivity index (χ0) is 26.5. The molecule has 4 N–H and O–H groups in total. The van der Waals surface area contributed by atoms with E-state index in [9.17, 15) is 8.76 Å². The molecule has 4 aromatic rings. The summed E-state index contributed by atoms with van der Waals surface area (Å²) < 4.78 is 35.2.